The van der Waals surface area contributed by atoms with Gasteiger partial charge in [0.1, 0.15) is 0 Å². The fourth-order valence-electron chi connectivity index (χ4n) is 2.05. The zero-order chi connectivity index (χ0) is 17.3. The van der Waals surface area contributed by atoms with Gasteiger partial charge in [-0.25, -0.2) is 8.42 Å². The average Bonchev–Trinajstić information content (AvgIpc) is 2.87. The van der Waals surface area contributed by atoms with E-state index in [1.165, 1.54) is 37.5 Å². The summed E-state index contributed by atoms with van der Waals surface area (Å²) in [6.45, 7) is 1.48. The highest BCUT2D eigenvalue weighted by atomic mass is 32.2. The first-order valence-corrected chi connectivity index (χ1v) is 8.45. The Kier molecular flexibility index (Phi) is 4.69. The van der Waals surface area contributed by atoms with Crippen LogP contribution in [0, 0.1) is 0 Å². The molecule has 0 spiro atoms. The maximum Gasteiger partial charge on any atom is 0.435 e. The standard InChI is InChI=1S/C14H16F3N3O2S/c1-3-23(21,22)12-6-4-11(5-7-12)18-8-10-9-20(2)19-13(10)14(15,16)17/h4-7,9,18H,3,8H2,1-2H3. The van der Waals surface area contributed by atoms with E-state index in [1.807, 2.05) is 0 Å². The second kappa shape index (κ2) is 6.23. The second-order valence-electron chi connectivity index (χ2n) is 4.96. The number of hydrogen-bond donors (Lipinski definition) is 1. The third kappa shape index (κ3) is 4.04. The molecule has 0 unspecified atom stereocenters. The van der Waals surface area contributed by atoms with Crippen LogP contribution in [-0.2, 0) is 29.6 Å². The van der Waals surface area contributed by atoms with Gasteiger partial charge in [-0.05, 0) is 24.3 Å². The molecule has 0 atom stereocenters. The third-order valence-electron chi connectivity index (χ3n) is 3.25. The van der Waals surface area contributed by atoms with E-state index in [9.17, 15) is 21.6 Å². The molecule has 0 fully saturated rings. The normalized spacial score (nSPS) is 12.4. The average molecular weight is 347 g/mol. The molecule has 9 heteroatoms. The number of alkyl halides is 3. The molecule has 0 saturated heterocycles. The molecule has 5 nitrogen and oxygen atoms in total. The topological polar surface area (TPSA) is 64.0 Å². The van der Waals surface area contributed by atoms with E-state index in [0.29, 0.717) is 5.69 Å². The van der Waals surface area contributed by atoms with Crippen molar-refractivity contribution >= 4 is 15.5 Å². The van der Waals surface area contributed by atoms with Gasteiger partial charge in [-0.3, -0.25) is 4.68 Å². The van der Waals surface area contributed by atoms with Crippen LogP contribution < -0.4 is 5.32 Å². The summed E-state index contributed by atoms with van der Waals surface area (Å²) in [7, 11) is -1.87. The molecule has 2 rings (SSSR count). The van der Waals surface area contributed by atoms with Crippen LogP contribution >= 0.6 is 0 Å². The summed E-state index contributed by atoms with van der Waals surface area (Å²) in [6.07, 6.45) is -3.22. The molecule has 23 heavy (non-hydrogen) atoms. The van der Waals surface area contributed by atoms with Crippen molar-refractivity contribution in [2.75, 3.05) is 11.1 Å². The van der Waals surface area contributed by atoms with Crippen molar-refractivity contribution in [3.8, 4) is 0 Å². The fourth-order valence-corrected chi connectivity index (χ4v) is 2.93. The van der Waals surface area contributed by atoms with E-state index in [0.717, 1.165) is 4.68 Å². The Bertz CT molecular complexity index is 781. The van der Waals surface area contributed by atoms with Gasteiger partial charge >= 0.3 is 6.18 Å². The number of benzene rings is 1. The highest BCUT2D eigenvalue weighted by molar-refractivity contribution is 7.91. The van der Waals surface area contributed by atoms with Crippen LogP contribution in [0.25, 0.3) is 0 Å². The summed E-state index contributed by atoms with van der Waals surface area (Å²) in [5.74, 6) is -0.00952. The number of aryl methyl sites for hydroxylation is 1. The van der Waals surface area contributed by atoms with Gasteiger partial charge in [0.2, 0.25) is 0 Å². The molecular weight excluding hydrogens is 331 g/mol. The first-order valence-electron chi connectivity index (χ1n) is 6.80. The summed E-state index contributed by atoms with van der Waals surface area (Å²) in [6, 6.07) is 5.89. The molecule has 0 aliphatic rings. The number of aromatic nitrogens is 2. The molecule has 0 saturated carbocycles. The quantitative estimate of drug-likeness (QED) is 0.903. The molecule has 1 N–H and O–H groups in total. The lowest BCUT2D eigenvalue weighted by Crippen LogP contribution is -2.11. The minimum atomic E-state index is -4.52. The van der Waals surface area contributed by atoms with E-state index in [2.05, 4.69) is 10.4 Å². The van der Waals surface area contributed by atoms with Crippen molar-refractivity contribution < 1.29 is 21.6 Å². The molecule has 1 aromatic heterocycles. The Morgan fingerprint density at radius 2 is 1.83 bits per heavy atom. The predicted molar refractivity (Wildman–Crippen MR) is 79.7 cm³/mol. The number of nitrogens with one attached hydrogen (secondary N) is 1. The first-order chi connectivity index (χ1) is 10.6. The Balaban J connectivity index is 2.13. The van der Waals surface area contributed by atoms with Gasteiger partial charge in [0.05, 0.1) is 10.6 Å². The summed E-state index contributed by atoms with van der Waals surface area (Å²) in [4.78, 5) is 0.183. The van der Waals surface area contributed by atoms with Gasteiger partial charge in [0.15, 0.2) is 15.5 Å². The SMILES string of the molecule is CCS(=O)(=O)c1ccc(NCc2cn(C)nc2C(F)(F)F)cc1. The molecule has 1 aromatic carbocycles. The van der Waals surface area contributed by atoms with E-state index in [4.69, 9.17) is 0 Å². The number of sulfone groups is 1. The van der Waals surface area contributed by atoms with Gasteiger partial charge in [0, 0.05) is 31.0 Å². The first kappa shape index (κ1) is 17.3. The van der Waals surface area contributed by atoms with Crippen LogP contribution in [0.4, 0.5) is 18.9 Å². The second-order valence-corrected chi connectivity index (χ2v) is 7.23. The van der Waals surface area contributed by atoms with Crippen LogP contribution in [-0.4, -0.2) is 24.0 Å². The summed E-state index contributed by atoms with van der Waals surface area (Å²) < 4.78 is 63.0. The maximum absolute atomic E-state index is 12.8. The van der Waals surface area contributed by atoms with Crippen LogP contribution in [0.3, 0.4) is 0 Å². The molecule has 0 radical (unpaired) electrons. The highest BCUT2D eigenvalue weighted by Crippen LogP contribution is 2.30. The molecule has 0 bridgehead atoms. The number of rotatable bonds is 5. The van der Waals surface area contributed by atoms with Gasteiger partial charge in [-0.2, -0.15) is 18.3 Å². The number of hydrogen-bond acceptors (Lipinski definition) is 4. The smallest absolute Gasteiger partial charge is 0.381 e. The zero-order valence-electron chi connectivity index (χ0n) is 12.6. The summed E-state index contributed by atoms with van der Waals surface area (Å²) in [5.41, 5.74) is -0.389. The summed E-state index contributed by atoms with van der Waals surface area (Å²) >= 11 is 0. The Hall–Kier alpha value is -2.03. The van der Waals surface area contributed by atoms with Gasteiger partial charge in [0.25, 0.3) is 0 Å². The van der Waals surface area contributed by atoms with Crippen molar-refractivity contribution in [2.45, 2.75) is 24.5 Å². The van der Waals surface area contributed by atoms with Gasteiger partial charge in [-0.1, -0.05) is 6.92 Å². The van der Waals surface area contributed by atoms with Crippen LogP contribution in [0.2, 0.25) is 0 Å². The predicted octanol–water partition coefficient (Wildman–Crippen LogP) is 2.84. The number of anilines is 1. The molecule has 1 heterocycles. The number of halogens is 3. The van der Waals surface area contributed by atoms with Crippen molar-refractivity contribution in [1.82, 2.24) is 9.78 Å². The Morgan fingerprint density at radius 3 is 2.35 bits per heavy atom. The lowest BCUT2D eigenvalue weighted by atomic mass is 10.2. The lowest BCUT2D eigenvalue weighted by Gasteiger charge is -2.09. The third-order valence-corrected chi connectivity index (χ3v) is 5.00. The van der Waals surface area contributed by atoms with Crippen molar-refractivity contribution in [3.63, 3.8) is 0 Å². The van der Waals surface area contributed by atoms with Gasteiger partial charge < -0.3 is 5.32 Å². The van der Waals surface area contributed by atoms with E-state index in [1.54, 1.807) is 6.92 Å². The van der Waals surface area contributed by atoms with E-state index >= 15 is 0 Å². The highest BCUT2D eigenvalue weighted by Gasteiger charge is 2.36. The monoisotopic (exact) mass is 347 g/mol. The van der Waals surface area contributed by atoms with Crippen LogP contribution in [0.1, 0.15) is 18.2 Å². The van der Waals surface area contributed by atoms with Crippen LogP contribution in [0.15, 0.2) is 35.4 Å². The Morgan fingerprint density at radius 1 is 1.22 bits per heavy atom. The molecular formula is C14H16F3N3O2S. The molecule has 2 aromatic rings. The minimum Gasteiger partial charge on any atom is -0.381 e. The summed E-state index contributed by atoms with van der Waals surface area (Å²) in [5, 5.41) is 6.26. The lowest BCUT2D eigenvalue weighted by molar-refractivity contribution is -0.142. The van der Waals surface area contributed by atoms with Crippen molar-refractivity contribution in [1.29, 1.82) is 0 Å². The molecule has 0 aliphatic carbocycles. The fraction of sp³-hybridized carbons (Fsp3) is 0.357. The largest absolute Gasteiger partial charge is 0.435 e. The van der Waals surface area contributed by atoms with E-state index in [-0.39, 0.29) is 22.8 Å². The van der Waals surface area contributed by atoms with Gasteiger partial charge in [-0.15, -0.1) is 0 Å². The van der Waals surface area contributed by atoms with Crippen molar-refractivity contribution in [3.05, 3.63) is 41.7 Å². The maximum atomic E-state index is 12.8. The van der Waals surface area contributed by atoms with Crippen molar-refractivity contribution in [2.24, 2.45) is 7.05 Å². The van der Waals surface area contributed by atoms with E-state index < -0.39 is 21.7 Å². The minimum absolute atomic E-state index is 0.00952. The molecule has 0 amide bonds. The molecule has 0 aliphatic heterocycles. The molecule has 126 valence electrons. The van der Waals surface area contributed by atoms with Crippen LogP contribution in [0.5, 0.6) is 0 Å². The number of nitrogens with zero attached hydrogens (tertiary/aromatic N) is 2. The zero-order valence-corrected chi connectivity index (χ0v) is 13.4. The Labute approximate surface area is 132 Å².